The van der Waals surface area contributed by atoms with Crippen molar-refractivity contribution in [3.63, 3.8) is 0 Å². The molecule has 0 bridgehead atoms. The quantitative estimate of drug-likeness (QED) is 0.569. The van der Waals surface area contributed by atoms with Crippen molar-refractivity contribution in [1.29, 1.82) is 0 Å². The van der Waals surface area contributed by atoms with Gasteiger partial charge in [0, 0.05) is 23.8 Å². The molecule has 3 saturated carbocycles. The van der Waals surface area contributed by atoms with Crippen LogP contribution in [0.1, 0.15) is 52.4 Å². The van der Waals surface area contributed by atoms with Crippen LogP contribution in [0.5, 0.6) is 0 Å². The molecular weight excluding hydrogens is 438 g/mol. The Kier molecular flexibility index (Phi) is 6.73. The molecule has 0 heterocycles. The first-order valence-corrected chi connectivity index (χ1v) is 12.2. The van der Waals surface area contributed by atoms with E-state index in [1.165, 1.54) is 7.11 Å². The van der Waals surface area contributed by atoms with Crippen LogP contribution < -0.4 is 5.32 Å². The number of aliphatic hydroxyl groups is 1. The zero-order valence-electron chi connectivity index (χ0n) is 20.2. The van der Waals surface area contributed by atoms with Crippen LogP contribution in [-0.2, 0) is 23.9 Å². The number of amides is 1. The van der Waals surface area contributed by atoms with Gasteiger partial charge in [-0.1, -0.05) is 25.5 Å². The van der Waals surface area contributed by atoms with E-state index in [1.807, 2.05) is 6.08 Å². The van der Waals surface area contributed by atoms with E-state index in [0.717, 1.165) is 31.3 Å². The van der Waals surface area contributed by atoms with E-state index in [2.05, 4.69) is 23.9 Å². The second-order valence-corrected chi connectivity index (χ2v) is 10.7. The molecule has 0 aromatic heterocycles. The first kappa shape index (κ1) is 24.6. The smallest absolute Gasteiger partial charge is 0.407 e. The van der Waals surface area contributed by atoms with Gasteiger partial charge in [-0.05, 0) is 61.5 Å². The molecule has 0 radical (unpaired) electrons. The van der Waals surface area contributed by atoms with Gasteiger partial charge in [0.2, 0.25) is 0 Å². The third kappa shape index (κ3) is 4.21. The molecule has 0 aliphatic heterocycles. The number of carbonyl (C=O) groups is 4. The maximum atomic E-state index is 13.1. The van der Waals surface area contributed by atoms with Crippen LogP contribution in [0.25, 0.3) is 0 Å². The third-order valence-corrected chi connectivity index (χ3v) is 9.05. The van der Waals surface area contributed by atoms with Crippen molar-refractivity contribution in [1.82, 2.24) is 5.32 Å². The fourth-order valence-corrected chi connectivity index (χ4v) is 7.51. The molecule has 0 saturated heterocycles. The van der Waals surface area contributed by atoms with Crippen molar-refractivity contribution in [3.8, 4) is 0 Å². The number of hydrogen-bond donors (Lipinski definition) is 2. The lowest BCUT2D eigenvalue weighted by Crippen LogP contribution is -2.56. The van der Waals surface area contributed by atoms with Gasteiger partial charge in [-0.3, -0.25) is 14.4 Å². The number of nitrogens with one attached hydrogen (secondary N) is 1. The van der Waals surface area contributed by atoms with Crippen molar-refractivity contribution in [3.05, 3.63) is 23.8 Å². The molecule has 7 unspecified atom stereocenters. The maximum Gasteiger partial charge on any atom is 0.407 e. The Morgan fingerprint density at radius 3 is 2.71 bits per heavy atom. The standard InChI is InChI=1S/C26H35NO7/c1-25-10-8-16(28)12-15(25)4-5-17-18-6-7-19(26(18,2)13-20(29)23(17)25)21(30)14-34-24(32)27-11-9-22(31)33-3/h8,10,12,17-20,23,29H,4-7,9,11,13-14H2,1-3H3,(H,27,32). The number of hydrogen-bond acceptors (Lipinski definition) is 7. The summed E-state index contributed by atoms with van der Waals surface area (Å²) in [6, 6.07) is 0. The lowest BCUT2D eigenvalue weighted by atomic mass is 9.46. The van der Waals surface area contributed by atoms with Crippen molar-refractivity contribution in [2.75, 3.05) is 20.3 Å². The Labute approximate surface area is 200 Å². The van der Waals surface area contributed by atoms with E-state index in [9.17, 15) is 24.3 Å². The number of carbonyl (C=O) groups excluding carboxylic acids is 4. The van der Waals surface area contributed by atoms with Crippen LogP contribution in [0.15, 0.2) is 23.8 Å². The lowest BCUT2D eigenvalue weighted by molar-refractivity contribution is -0.142. The Bertz CT molecular complexity index is 939. The van der Waals surface area contributed by atoms with Crippen LogP contribution >= 0.6 is 0 Å². The van der Waals surface area contributed by atoms with E-state index in [0.29, 0.717) is 12.3 Å². The molecule has 186 valence electrons. The number of allylic oxidation sites excluding steroid dienone is 4. The van der Waals surface area contributed by atoms with Gasteiger partial charge in [0.1, 0.15) is 0 Å². The minimum absolute atomic E-state index is 0.0157. The summed E-state index contributed by atoms with van der Waals surface area (Å²) in [6.45, 7) is 4.00. The number of esters is 1. The van der Waals surface area contributed by atoms with Gasteiger partial charge < -0.3 is 19.9 Å². The largest absolute Gasteiger partial charge is 0.469 e. The summed E-state index contributed by atoms with van der Waals surface area (Å²) in [5.74, 6) is -0.219. The summed E-state index contributed by atoms with van der Waals surface area (Å²) < 4.78 is 9.64. The number of alkyl carbamates (subject to hydrolysis) is 1. The van der Waals surface area contributed by atoms with Gasteiger partial charge in [0.25, 0.3) is 0 Å². The second kappa shape index (κ2) is 9.29. The van der Waals surface area contributed by atoms with Crippen molar-refractivity contribution in [2.24, 2.45) is 34.5 Å². The topological polar surface area (TPSA) is 119 Å². The second-order valence-electron chi connectivity index (χ2n) is 10.7. The summed E-state index contributed by atoms with van der Waals surface area (Å²) in [5, 5.41) is 13.8. The molecule has 7 atom stereocenters. The van der Waals surface area contributed by atoms with Gasteiger partial charge in [-0.2, -0.15) is 0 Å². The van der Waals surface area contributed by atoms with E-state index in [1.54, 1.807) is 12.2 Å². The van der Waals surface area contributed by atoms with Crippen molar-refractivity contribution < 1.29 is 33.8 Å². The predicted octanol–water partition coefficient (Wildman–Crippen LogP) is 2.74. The zero-order valence-corrected chi connectivity index (χ0v) is 20.2. The van der Waals surface area contributed by atoms with Crippen LogP contribution in [0.2, 0.25) is 0 Å². The maximum absolute atomic E-state index is 13.1. The van der Waals surface area contributed by atoms with E-state index in [4.69, 9.17) is 4.74 Å². The average molecular weight is 474 g/mol. The number of aliphatic hydroxyl groups excluding tert-OH is 1. The van der Waals surface area contributed by atoms with Gasteiger partial charge in [-0.15, -0.1) is 0 Å². The summed E-state index contributed by atoms with van der Waals surface area (Å²) in [5.41, 5.74) is 0.431. The molecule has 0 spiro atoms. The molecule has 34 heavy (non-hydrogen) atoms. The number of methoxy groups -OCH3 is 1. The summed E-state index contributed by atoms with van der Waals surface area (Å²) in [7, 11) is 1.27. The van der Waals surface area contributed by atoms with Gasteiger partial charge >= 0.3 is 12.1 Å². The molecule has 2 N–H and O–H groups in total. The Balaban J connectivity index is 1.41. The fourth-order valence-electron chi connectivity index (χ4n) is 7.51. The summed E-state index contributed by atoms with van der Waals surface area (Å²) >= 11 is 0. The molecule has 4 aliphatic rings. The van der Waals surface area contributed by atoms with E-state index >= 15 is 0 Å². The number of rotatable bonds is 6. The highest BCUT2D eigenvalue weighted by atomic mass is 16.6. The molecule has 0 aromatic carbocycles. The summed E-state index contributed by atoms with van der Waals surface area (Å²) in [4.78, 5) is 48.1. The first-order valence-electron chi connectivity index (χ1n) is 12.2. The molecular formula is C26H35NO7. The number of fused-ring (bicyclic) bond motifs is 5. The fraction of sp³-hybridized carbons (Fsp3) is 0.692. The van der Waals surface area contributed by atoms with E-state index in [-0.39, 0.29) is 59.7 Å². The third-order valence-electron chi connectivity index (χ3n) is 9.05. The minimum atomic E-state index is -0.737. The highest BCUT2D eigenvalue weighted by Gasteiger charge is 2.62. The molecule has 8 heteroatoms. The van der Waals surface area contributed by atoms with Gasteiger partial charge in [0.15, 0.2) is 18.2 Å². The molecule has 4 rings (SSSR count). The predicted molar refractivity (Wildman–Crippen MR) is 122 cm³/mol. The molecule has 3 fully saturated rings. The van der Waals surface area contributed by atoms with Crippen molar-refractivity contribution in [2.45, 2.75) is 58.5 Å². The SMILES string of the molecule is COC(=O)CCNC(=O)OCC(=O)C1CCC2C3CCC4=CC(=O)C=CC4(C)C3C(O)CC12C. The summed E-state index contributed by atoms with van der Waals surface area (Å²) in [6.07, 6.45) is 7.95. The zero-order chi connectivity index (χ0) is 24.7. The highest BCUT2D eigenvalue weighted by Crippen LogP contribution is 2.66. The average Bonchev–Trinajstić information content (AvgIpc) is 3.14. The Morgan fingerprint density at radius 2 is 1.97 bits per heavy atom. The molecule has 4 aliphatic carbocycles. The number of ether oxygens (including phenoxy) is 2. The molecule has 1 amide bonds. The van der Waals surface area contributed by atoms with Crippen LogP contribution in [0.3, 0.4) is 0 Å². The Morgan fingerprint density at radius 1 is 1.21 bits per heavy atom. The normalized spacial score (nSPS) is 38.2. The highest BCUT2D eigenvalue weighted by molar-refractivity contribution is 6.01. The van der Waals surface area contributed by atoms with Gasteiger partial charge in [0.05, 0.1) is 19.6 Å². The molecule has 8 nitrogen and oxygen atoms in total. The monoisotopic (exact) mass is 473 g/mol. The number of ketones is 2. The van der Waals surface area contributed by atoms with Crippen LogP contribution in [0, 0.1) is 34.5 Å². The van der Waals surface area contributed by atoms with E-state index < -0.39 is 18.2 Å². The van der Waals surface area contributed by atoms with Gasteiger partial charge in [-0.25, -0.2) is 4.79 Å². The Hall–Kier alpha value is -2.48. The van der Waals surface area contributed by atoms with Crippen molar-refractivity contribution >= 4 is 23.6 Å². The van der Waals surface area contributed by atoms with Crippen LogP contribution in [0.4, 0.5) is 4.79 Å². The molecule has 0 aromatic rings. The number of Topliss-reactive ketones (excluding diaryl/α,β-unsaturated/α-hetero) is 1. The van der Waals surface area contributed by atoms with Crippen LogP contribution in [-0.4, -0.2) is 55.1 Å². The first-order chi connectivity index (χ1) is 16.1. The lowest BCUT2D eigenvalue weighted by Gasteiger charge is -2.58. The minimum Gasteiger partial charge on any atom is -0.469 e.